The molecule has 0 unspecified atom stereocenters. The Balaban J connectivity index is 2.92. The summed E-state index contributed by atoms with van der Waals surface area (Å²) in [4.78, 5) is 7.31. The average Bonchev–Trinajstić information content (AvgIpc) is 2.01. The largest absolute Gasteiger partial charge is 0.402 e. The molecule has 0 fully saturated rings. The van der Waals surface area contributed by atoms with E-state index in [2.05, 4.69) is 9.98 Å². The molecule has 0 amide bonds. The Morgan fingerprint density at radius 2 is 2.29 bits per heavy atom. The summed E-state index contributed by atoms with van der Waals surface area (Å²) in [7, 11) is 0. The Bertz CT molecular complexity index is 380. The fourth-order valence-electron chi connectivity index (χ4n) is 0.876. The van der Waals surface area contributed by atoms with Crippen LogP contribution in [0.25, 0.3) is 0 Å². The molecule has 0 radical (unpaired) electrons. The number of nitrogens with zero attached hydrogens (tertiary/aromatic N) is 2. The molecule has 1 aromatic heterocycles. The van der Waals surface area contributed by atoms with Gasteiger partial charge in [0, 0.05) is 18.0 Å². The van der Waals surface area contributed by atoms with E-state index in [1.807, 2.05) is 0 Å². The van der Waals surface area contributed by atoms with Crippen molar-refractivity contribution in [3.05, 3.63) is 36.1 Å². The van der Waals surface area contributed by atoms with Crippen LogP contribution in [0.15, 0.2) is 35.1 Å². The second kappa shape index (κ2) is 4.36. The van der Waals surface area contributed by atoms with Crippen molar-refractivity contribution in [3.63, 3.8) is 0 Å². The SMILES string of the molecule is CC(N)=CC(N)=Nc1ccnc(F)c1. The van der Waals surface area contributed by atoms with Crippen LogP contribution in [0, 0.1) is 5.95 Å². The number of hydrogen-bond acceptors (Lipinski definition) is 3. The van der Waals surface area contributed by atoms with Crippen LogP contribution in [0.2, 0.25) is 0 Å². The molecule has 1 heterocycles. The normalized spacial score (nSPS) is 13.0. The van der Waals surface area contributed by atoms with E-state index in [0.29, 0.717) is 11.4 Å². The summed E-state index contributed by atoms with van der Waals surface area (Å²) in [5.74, 6) is -0.358. The van der Waals surface area contributed by atoms with Crippen molar-refractivity contribution < 1.29 is 4.39 Å². The molecule has 4 nitrogen and oxygen atoms in total. The zero-order chi connectivity index (χ0) is 10.6. The van der Waals surface area contributed by atoms with Crippen LogP contribution in [0.5, 0.6) is 0 Å². The van der Waals surface area contributed by atoms with Crippen LogP contribution in [0.4, 0.5) is 10.1 Å². The molecular weight excluding hydrogens is 183 g/mol. The topological polar surface area (TPSA) is 77.3 Å². The van der Waals surface area contributed by atoms with Gasteiger partial charge in [-0.25, -0.2) is 9.98 Å². The number of aromatic nitrogens is 1. The van der Waals surface area contributed by atoms with Gasteiger partial charge in [-0.2, -0.15) is 4.39 Å². The molecule has 0 spiro atoms. The summed E-state index contributed by atoms with van der Waals surface area (Å²) in [6.07, 6.45) is 2.82. The van der Waals surface area contributed by atoms with E-state index < -0.39 is 5.95 Å². The van der Waals surface area contributed by atoms with E-state index >= 15 is 0 Å². The Hall–Kier alpha value is -1.91. The quantitative estimate of drug-likeness (QED) is 0.420. The van der Waals surface area contributed by atoms with Gasteiger partial charge in [-0.05, 0) is 19.1 Å². The molecule has 0 bridgehead atoms. The molecule has 1 rings (SSSR count). The van der Waals surface area contributed by atoms with Crippen LogP contribution in [0.3, 0.4) is 0 Å². The number of aliphatic imine (C=N–C) groups is 1. The van der Waals surface area contributed by atoms with Crippen LogP contribution in [-0.2, 0) is 0 Å². The van der Waals surface area contributed by atoms with Crippen molar-refractivity contribution in [1.82, 2.24) is 4.98 Å². The summed E-state index contributed by atoms with van der Waals surface area (Å²) >= 11 is 0. The lowest BCUT2D eigenvalue weighted by molar-refractivity contribution is 0.584. The van der Waals surface area contributed by atoms with Crippen molar-refractivity contribution >= 4 is 11.5 Å². The highest BCUT2D eigenvalue weighted by molar-refractivity contribution is 5.93. The van der Waals surface area contributed by atoms with Crippen molar-refractivity contribution in [3.8, 4) is 0 Å². The molecular formula is C9H11FN4. The summed E-state index contributed by atoms with van der Waals surface area (Å²) in [6.45, 7) is 1.69. The Kier molecular flexibility index (Phi) is 3.17. The zero-order valence-electron chi connectivity index (χ0n) is 7.74. The molecule has 5 heteroatoms. The molecule has 0 saturated carbocycles. The Morgan fingerprint density at radius 3 is 2.86 bits per heavy atom. The first-order valence-corrected chi connectivity index (χ1v) is 3.97. The van der Waals surface area contributed by atoms with Crippen molar-refractivity contribution in [1.29, 1.82) is 0 Å². The second-order valence-corrected chi connectivity index (χ2v) is 2.76. The van der Waals surface area contributed by atoms with Crippen LogP contribution in [0.1, 0.15) is 6.92 Å². The van der Waals surface area contributed by atoms with Gasteiger partial charge < -0.3 is 11.5 Å². The molecule has 74 valence electrons. The maximum absolute atomic E-state index is 12.6. The fourth-order valence-corrected chi connectivity index (χ4v) is 0.876. The summed E-state index contributed by atoms with van der Waals surface area (Å²) < 4.78 is 12.6. The number of hydrogen-bond donors (Lipinski definition) is 2. The number of halogens is 1. The zero-order valence-corrected chi connectivity index (χ0v) is 7.74. The van der Waals surface area contributed by atoms with Gasteiger partial charge in [-0.15, -0.1) is 0 Å². The monoisotopic (exact) mass is 194 g/mol. The van der Waals surface area contributed by atoms with Gasteiger partial charge in [0.2, 0.25) is 5.95 Å². The van der Waals surface area contributed by atoms with E-state index in [1.54, 1.807) is 13.0 Å². The molecule has 4 N–H and O–H groups in total. The first kappa shape index (κ1) is 10.2. The third-order valence-electron chi connectivity index (χ3n) is 1.34. The lowest BCUT2D eigenvalue weighted by Crippen LogP contribution is -2.09. The minimum Gasteiger partial charge on any atom is -0.402 e. The van der Waals surface area contributed by atoms with Crippen molar-refractivity contribution in [2.75, 3.05) is 0 Å². The molecule has 0 aliphatic rings. The maximum Gasteiger partial charge on any atom is 0.214 e. The predicted molar refractivity (Wildman–Crippen MR) is 53.4 cm³/mol. The molecule has 14 heavy (non-hydrogen) atoms. The lowest BCUT2D eigenvalue weighted by Gasteiger charge is -1.95. The van der Waals surface area contributed by atoms with Gasteiger partial charge >= 0.3 is 0 Å². The van der Waals surface area contributed by atoms with Gasteiger partial charge in [0.15, 0.2) is 0 Å². The van der Waals surface area contributed by atoms with Gasteiger partial charge in [0.05, 0.1) is 5.69 Å². The molecule has 0 saturated heterocycles. The number of rotatable bonds is 2. The molecule has 0 aromatic carbocycles. The molecule has 0 atom stereocenters. The van der Waals surface area contributed by atoms with Crippen molar-refractivity contribution in [2.45, 2.75) is 6.92 Å². The van der Waals surface area contributed by atoms with Gasteiger partial charge in [-0.1, -0.05) is 0 Å². The first-order valence-electron chi connectivity index (χ1n) is 3.97. The van der Waals surface area contributed by atoms with Crippen LogP contribution in [-0.4, -0.2) is 10.8 Å². The smallest absolute Gasteiger partial charge is 0.214 e. The molecule has 0 aliphatic heterocycles. The highest BCUT2D eigenvalue weighted by Gasteiger charge is 1.94. The molecule has 0 aliphatic carbocycles. The van der Waals surface area contributed by atoms with Crippen LogP contribution >= 0.6 is 0 Å². The average molecular weight is 194 g/mol. The third kappa shape index (κ3) is 3.22. The minimum absolute atomic E-state index is 0.232. The Morgan fingerprint density at radius 1 is 1.57 bits per heavy atom. The van der Waals surface area contributed by atoms with E-state index in [-0.39, 0.29) is 5.84 Å². The number of allylic oxidation sites excluding steroid dienone is 1. The number of nitrogens with two attached hydrogens (primary N) is 2. The standard InChI is InChI=1S/C9H11FN4/c1-6(11)4-9(12)14-7-2-3-13-8(10)5-7/h2-5H,11H2,1H3,(H2,12,13,14). The third-order valence-corrected chi connectivity index (χ3v) is 1.34. The van der Waals surface area contributed by atoms with Crippen LogP contribution < -0.4 is 11.5 Å². The van der Waals surface area contributed by atoms with Crippen molar-refractivity contribution in [2.24, 2.45) is 16.5 Å². The summed E-state index contributed by atoms with van der Waals surface area (Å²) in [5, 5.41) is 0. The van der Waals surface area contributed by atoms with E-state index in [1.165, 1.54) is 18.3 Å². The summed E-state index contributed by atoms with van der Waals surface area (Å²) in [5.41, 5.74) is 11.9. The first-order chi connectivity index (χ1) is 6.58. The van der Waals surface area contributed by atoms with Gasteiger partial charge in [0.25, 0.3) is 0 Å². The second-order valence-electron chi connectivity index (χ2n) is 2.76. The lowest BCUT2D eigenvalue weighted by atomic mass is 10.4. The van der Waals surface area contributed by atoms with E-state index in [9.17, 15) is 4.39 Å². The minimum atomic E-state index is -0.590. The number of pyridine rings is 1. The molecule has 1 aromatic rings. The Labute approximate surface area is 81.2 Å². The summed E-state index contributed by atoms with van der Waals surface area (Å²) in [6, 6.07) is 2.74. The number of amidine groups is 1. The maximum atomic E-state index is 12.6. The highest BCUT2D eigenvalue weighted by Crippen LogP contribution is 2.10. The van der Waals surface area contributed by atoms with E-state index in [4.69, 9.17) is 11.5 Å². The van der Waals surface area contributed by atoms with Gasteiger partial charge in [0.1, 0.15) is 5.84 Å². The highest BCUT2D eigenvalue weighted by atomic mass is 19.1. The van der Waals surface area contributed by atoms with E-state index in [0.717, 1.165) is 0 Å². The van der Waals surface area contributed by atoms with Gasteiger partial charge in [-0.3, -0.25) is 0 Å². The predicted octanol–water partition coefficient (Wildman–Crippen LogP) is 1.07. The fraction of sp³-hybridized carbons (Fsp3) is 0.111.